The summed E-state index contributed by atoms with van der Waals surface area (Å²) in [6, 6.07) is 0. The van der Waals surface area contributed by atoms with Crippen molar-refractivity contribution in [3.63, 3.8) is 0 Å². The predicted molar refractivity (Wildman–Crippen MR) is 269 cm³/mol. The number of hydrogen-bond acceptors (Lipinski definition) is 6. The Hall–Kier alpha value is -4.19. The van der Waals surface area contributed by atoms with Crippen molar-refractivity contribution in [3.05, 3.63) is 122 Å². The zero-order valence-electron chi connectivity index (χ0n) is 40.3. The Balaban J connectivity index is 4.45. The second kappa shape index (κ2) is 50.5. The van der Waals surface area contributed by atoms with Crippen LogP contribution in [0.2, 0.25) is 0 Å². The van der Waals surface area contributed by atoms with Crippen molar-refractivity contribution < 1.29 is 28.6 Å². The molecular weight excluding hydrogens is 781 g/mol. The van der Waals surface area contributed by atoms with Gasteiger partial charge in [0.05, 0.1) is 0 Å². The quantitative estimate of drug-likeness (QED) is 0.0263. The highest BCUT2D eigenvalue weighted by Crippen LogP contribution is 2.13. The summed E-state index contributed by atoms with van der Waals surface area (Å²) in [7, 11) is 0. The normalized spacial score (nSPS) is 13.1. The number of allylic oxidation sites excluding steroid dienone is 20. The van der Waals surface area contributed by atoms with Gasteiger partial charge in [-0.2, -0.15) is 0 Å². The molecule has 354 valence electrons. The lowest BCUT2D eigenvalue weighted by Crippen LogP contribution is -2.30. The summed E-state index contributed by atoms with van der Waals surface area (Å²) in [4.78, 5) is 37.8. The average Bonchev–Trinajstić information content (AvgIpc) is 3.28. The van der Waals surface area contributed by atoms with Crippen LogP contribution in [0.4, 0.5) is 0 Å². The Morgan fingerprint density at radius 1 is 0.317 bits per heavy atom. The van der Waals surface area contributed by atoms with Gasteiger partial charge >= 0.3 is 17.9 Å². The maximum Gasteiger partial charge on any atom is 0.306 e. The largest absolute Gasteiger partial charge is 0.462 e. The molecule has 0 N–H and O–H groups in total. The standard InChI is InChI=1S/C57H90O6/c1-4-7-10-13-16-19-21-23-25-27-28-30-31-33-35-38-41-44-47-50-56(59)62-53-54(52-61-55(58)49-46-43-40-37-18-15-12-9-6-3)63-57(60)51-48-45-42-39-36-34-32-29-26-24-22-20-17-14-11-8-5-2/h7-12,16-20,23-26,32,34,37,39,42,54H,4-6,13-15,21-22,27-31,33,35-36,38,40-41,43-53H2,1-3H3/b10-7-,11-8-,12-9-,19-16-,20-17-,25-23-,26-24-,34-32-,37-18-,42-39-. The summed E-state index contributed by atoms with van der Waals surface area (Å²) in [5, 5.41) is 0. The van der Waals surface area contributed by atoms with E-state index in [4.69, 9.17) is 14.2 Å². The van der Waals surface area contributed by atoms with Gasteiger partial charge in [0, 0.05) is 19.3 Å². The maximum atomic E-state index is 12.8. The van der Waals surface area contributed by atoms with Gasteiger partial charge in [0.1, 0.15) is 13.2 Å². The number of esters is 3. The minimum absolute atomic E-state index is 0.117. The van der Waals surface area contributed by atoms with E-state index in [1.165, 1.54) is 38.5 Å². The molecule has 0 saturated carbocycles. The first-order valence-corrected chi connectivity index (χ1v) is 25.0. The van der Waals surface area contributed by atoms with Crippen molar-refractivity contribution in [1.82, 2.24) is 0 Å². The molecule has 6 nitrogen and oxygen atoms in total. The number of ether oxygens (including phenoxy) is 3. The van der Waals surface area contributed by atoms with Crippen LogP contribution in [0.1, 0.15) is 201 Å². The monoisotopic (exact) mass is 871 g/mol. The van der Waals surface area contributed by atoms with Gasteiger partial charge in [0.15, 0.2) is 6.10 Å². The van der Waals surface area contributed by atoms with Crippen molar-refractivity contribution in [2.45, 2.75) is 207 Å². The van der Waals surface area contributed by atoms with Crippen LogP contribution in [-0.4, -0.2) is 37.2 Å². The van der Waals surface area contributed by atoms with Crippen LogP contribution < -0.4 is 0 Å². The molecule has 0 rings (SSSR count). The molecule has 0 spiro atoms. The SMILES string of the molecule is CC/C=C\C/C=C\C/C=C\C/C=C\C/C=C\CCCC(=O)OC(COC(=O)CCCC/C=C\C/C=C\CC)COC(=O)CCCCCCCCCCC/C=C\C/C=C\C/C=C\CC. The third-order valence-electron chi connectivity index (χ3n) is 9.94. The Labute approximate surface area is 386 Å². The fraction of sp³-hybridized carbons (Fsp3) is 0.596. The lowest BCUT2D eigenvalue weighted by atomic mass is 10.1. The zero-order valence-corrected chi connectivity index (χ0v) is 40.3. The molecule has 1 atom stereocenters. The number of hydrogen-bond donors (Lipinski definition) is 0. The summed E-state index contributed by atoms with van der Waals surface area (Å²) < 4.78 is 16.7. The fourth-order valence-corrected chi connectivity index (χ4v) is 6.29. The molecule has 0 bridgehead atoms. The molecule has 63 heavy (non-hydrogen) atoms. The summed E-state index contributed by atoms with van der Waals surface area (Å²) in [5.41, 5.74) is 0. The van der Waals surface area contributed by atoms with Gasteiger partial charge in [-0.3, -0.25) is 14.4 Å². The summed E-state index contributed by atoms with van der Waals surface area (Å²) in [6.45, 7) is 6.18. The first-order chi connectivity index (χ1) is 31.0. The summed E-state index contributed by atoms with van der Waals surface area (Å²) in [6.07, 6.45) is 69.2. The van der Waals surface area contributed by atoms with Crippen LogP contribution in [0.3, 0.4) is 0 Å². The van der Waals surface area contributed by atoms with Gasteiger partial charge < -0.3 is 14.2 Å². The Morgan fingerprint density at radius 2 is 0.587 bits per heavy atom. The molecule has 0 aromatic carbocycles. The van der Waals surface area contributed by atoms with Crippen molar-refractivity contribution >= 4 is 17.9 Å². The molecule has 0 aliphatic rings. The van der Waals surface area contributed by atoms with E-state index in [9.17, 15) is 14.4 Å². The molecule has 0 heterocycles. The number of unbranched alkanes of at least 4 members (excludes halogenated alkanes) is 12. The van der Waals surface area contributed by atoms with Crippen molar-refractivity contribution in [2.75, 3.05) is 13.2 Å². The molecule has 0 radical (unpaired) electrons. The van der Waals surface area contributed by atoms with Crippen molar-refractivity contribution in [3.8, 4) is 0 Å². The number of carbonyl (C=O) groups is 3. The van der Waals surface area contributed by atoms with Crippen LogP contribution in [0.5, 0.6) is 0 Å². The second-order valence-electron chi connectivity index (χ2n) is 15.9. The highest BCUT2D eigenvalue weighted by Gasteiger charge is 2.19. The van der Waals surface area contributed by atoms with E-state index in [0.29, 0.717) is 19.3 Å². The van der Waals surface area contributed by atoms with Crippen molar-refractivity contribution in [1.29, 1.82) is 0 Å². The minimum atomic E-state index is -0.825. The topological polar surface area (TPSA) is 78.9 Å². The third-order valence-corrected chi connectivity index (χ3v) is 9.94. The molecular formula is C57H90O6. The Morgan fingerprint density at radius 3 is 0.968 bits per heavy atom. The molecule has 0 aliphatic heterocycles. The number of rotatable bonds is 43. The Kier molecular flexibility index (Phi) is 47.1. The molecule has 0 fully saturated rings. The van der Waals surface area contributed by atoms with Crippen LogP contribution in [-0.2, 0) is 28.6 Å². The lowest BCUT2D eigenvalue weighted by Gasteiger charge is -2.18. The van der Waals surface area contributed by atoms with E-state index in [1.807, 2.05) is 0 Å². The van der Waals surface area contributed by atoms with E-state index in [1.54, 1.807) is 0 Å². The molecule has 0 amide bonds. The van der Waals surface area contributed by atoms with Crippen LogP contribution >= 0.6 is 0 Å². The number of carbonyl (C=O) groups excluding carboxylic acids is 3. The molecule has 1 unspecified atom stereocenters. The molecule has 6 heteroatoms. The van der Waals surface area contributed by atoms with E-state index in [2.05, 4.69) is 142 Å². The summed E-state index contributed by atoms with van der Waals surface area (Å²) in [5.74, 6) is -1.03. The predicted octanol–water partition coefficient (Wildman–Crippen LogP) is 16.5. The maximum absolute atomic E-state index is 12.8. The highest BCUT2D eigenvalue weighted by atomic mass is 16.6. The van der Waals surface area contributed by atoms with Gasteiger partial charge in [-0.15, -0.1) is 0 Å². The van der Waals surface area contributed by atoms with Crippen LogP contribution in [0.15, 0.2) is 122 Å². The smallest absolute Gasteiger partial charge is 0.306 e. The van der Waals surface area contributed by atoms with Gasteiger partial charge in [0.25, 0.3) is 0 Å². The zero-order chi connectivity index (χ0) is 45.8. The van der Waals surface area contributed by atoms with Gasteiger partial charge in [-0.25, -0.2) is 0 Å². The van der Waals surface area contributed by atoms with Gasteiger partial charge in [0.2, 0.25) is 0 Å². The molecule has 0 aromatic rings. The first kappa shape index (κ1) is 58.8. The van der Waals surface area contributed by atoms with E-state index in [-0.39, 0.29) is 37.5 Å². The molecule has 0 aromatic heterocycles. The first-order valence-electron chi connectivity index (χ1n) is 25.0. The molecule has 0 saturated heterocycles. The fourth-order valence-electron chi connectivity index (χ4n) is 6.29. The summed E-state index contributed by atoms with van der Waals surface area (Å²) >= 11 is 0. The lowest BCUT2D eigenvalue weighted by molar-refractivity contribution is -0.167. The van der Waals surface area contributed by atoms with E-state index in [0.717, 1.165) is 116 Å². The van der Waals surface area contributed by atoms with Crippen molar-refractivity contribution in [2.24, 2.45) is 0 Å². The minimum Gasteiger partial charge on any atom is -0.462 e. The third kappa shape index (κ3) is 48.7. The van der Waals surface area contributed by atoms with Gasteiger partial charge in [-0.1, -0.05) is 187 Å². The molecule has 0 aliphatic carbocycles. The Bertz CT molecular complexity index is 1370. The average molecular weight is 871 g/mol. The highest BCUT2D eigenvalue weighted by molar-refractivity contribution is 5.71. The van der Waals surface area contributed by atoms with Crippen LogP contribution in [0, 0.1) is 0 Å². The van der Waals surface area contributed by atoms with Gasteiger partial charge in [-0.05, 0) is 116 Å². The van der Waals surface area contributed by atoms with E-state index < -0.39 is 6.10 Å². The second-order valence-corrected chi connectivity index (χ2v) is 15.9. The van der Waals surface area contributed by atoms with Crippen LogP contribution in [0.25, 0.3) is 0 Å². The van der Waals surface area contributed by atoms with E-state index >= 15 is 0 Å².